The van der Waals surface area contributed by atoms with Crippen LogP contribution < -0.4 is 5.56 Å². The Morgan fingerprint density at radius 2 is 2.25 bits per heavy atom. The van der Waals surface area contributed by atoms with Gasteiger partial charge in [-0.25, -0.2) is 4.98 Å². The number of aryl methyl sites for hydroxylation is 1. The molecule has 0 aliphatic rings. The van der Waals surface area contributed by atoms with Crippen molar-refractivity contribution in [2.24, 2.45) is 5.92 Å². The third-order valence-electron chi connectivity index (χ3n) is 2.87. The average molecular weight is 312 g/mol. The highest BCUT2D eigenvalue weighted by Crippen LogP contribution is 2.28. The molecule has 20 heavy (non-hydrogen) atoms. The molecule has 0 aliphatic heterocycles. The van der Waals surface area contributed by atoms with Gasteiger partial charge in [-0.1, -0.05) is 32.5 Å². The minimum atomic E-state index is -0.895. The number of aromatic amines is 1. The minimum Gasteiger partial charge on any atom is -0.480 e. The Kier molecular flexibility index (Phi) is 4.49. The predicted molar refractivity (Wildman–Crippen MR) is 81.7 cm³/mol. The van der Waals surface area contributed by atoms with Gasteiger partial charge in [-0.3, -0.25) is 9.59 Å². The summed E-state index contributed by atoms with van der Waals surface area (Å²) in [4.78, 5) is 32.0. The molecule has 2 rings (SSSR count). The summed E-state index contributed by atoms with van der Waals surface area (Å²) in [6.07, 6.45) is 0.854. The topological polar surface area (TPSA) is 83.0 Å². The molecule has 0 radical (unpaired) electrons. The van der Waals surface area contributed by atoms with E-state index in [2.05, 4.69) is 9.97 Å². The molecule has 0 aromatic carbocycles. The molecule has 2 aromatic heterocycles. The molecule has 0 saturated heterocycles. The van der Waals surface area contributed by atoms with E-state index in [1.54, 1.807) is 0 Å². The maximum absolute atomic E-state index is 12.0. The maximum Gasteiger partial charge on any atom is 0.317 e. The molecule has 5 nitrogen and oxygen atoms in total. The van der Waals surface area contributed by atoms with E-state index >= 15 is 0 Å². The molecule has 1 unspecified atom stereocenters. The second kappa shape index (κ2) is 5.97. The van der Waals surface area contributed by atoms with Crippen molar-refractivity contribution in [2.75, 3.05) is 0 Å². The van der Waals surface area contributed by atoms with Crippen molar-refractivity contribution < 1.29 is 9.90 Å². The molecule has 0 aliphatic carbocycles. The van der Waals surface area contributed by atoms with Gasteiger partial charge in [0.05, 0.1) is 5.39 Å². The van der Waals surface area contributed by atoms with E-state index in [4.69, 9.17) is 0 Å². The highest BCUT2D eigenvalue weighted by Gasteiger charge is 2.24. The lowest BCUT2D eigenvalue weighted by Gasteiger charge is -2.14. The third kappa shape index (κ3) is 3.04. The Balaban J connectivity index is 2.40. The predicted octanol–water partition coefficient (Wildman–Crippen LogP) is 2.75. The molecule has 2 N–H and O–H groups in total. The average Bonchev–Trinajstić information content (AvgIpc) is 2.78. The van der Waals surface area contributed by atoms with E-state index in [1.807, 2.05) is 26.8 Å². The van der Waals surface area contributed by atoms with Crippen LogP contribution in [0.4, 0.5) is 0 Å². The van der Waals surface area contributed by atoms with E-state index in [0.717, 1.165) is 23.1 Å². The van der Waals surface area contributed by atoms with Crippen LogP contribution in [0.2, 0.25) is 0 Å². The monoisotopic (exact) mass is 312 g/mol. The van der Waals surface area contributed by atoms with Gasteiger partial charge in [0.25, 0.3) is 5.56 Å². The van der Waals surface area contributed by atoms with Gasteiger partial charge in [-0.15, -0.1) is 11.3 Å². The fraction of sp³-hybridized carbons (Fsp3) is 0.462. The zero-order valence-corrected chi connectivity index (χ0v) is 13.1. The number of thiophene rings is 1. The number of rotatable bonds is 5. The lowest BCUT2D eigenvalue weighted by atomic mass is 10.1. The summed E-state index contributed by atoms with van der Waals surface area (Å²) in [6.45, 7) is 5.69. The number of nitrogens with zero attached hydrogens (tertiary/aromatic N) is 1. The standard InChI is InChI=1S/C13H16N2O3S2/c1-4-7-5-8-10(16)14-13(15-11(8)19-7)20-9(6(2)3)12(17)18/h5-6,9H,4H2,1-3H3,(H,17,18)(H,14,15,16). The number of hydrogen-bond donors (Lipinski definition) is 2. The molecule has 2 aromatic rings. The normalized spacial score (nSPS) is 13.0. The van der Waals surface area contributed by atoms with Crippen molar-refractivity contribution in [3.8, 4) is 0 Å². The number of carboxylic acids is 1. The molecule has 0 bridgehead atoms. The number of thioether (sulfide) groups is 1. The van der Waals surface area contributed by atoms with Crippen molar-refractivity contribution in [1.29, 1.82) is 0 Å². The summed E-state index contributed by atoms with van der Waals surface area (Å²) in [5.41, 5.74) is -0.207. The van der Waals surface area contributed by atoms with Gasteiger partial charge in [0, 0.05) is 4.88 Å². The largest absolute Gasteiger partial charge is 0.480 e. The number of fused-ring (bicyclic) bond motifs is 1. The first-order chi connectivity index (χ1) is 9.42. The Morgan fingerprint density at radius 3 is 2.80 bits per heavy atom. The Bertz CT molecular complexity index is 690. The Labute approximate surface area is 124 Å². The highest BCUT2D eigenvalue weighted by molar-refractivity contribution is 8.00. The summed E-state index contributed by atoms with van der Waals surface area (Å²) in [6, 6.07) is 1.84. The van der Waals surface area contributed by atoms with E-state index in [1.165, 1.54) is 11.3 Å². The zero-order chi connectivity index (χ0) is 14.9. The quantitative estimate of drug-likeness (QED) is 0.655. The molecule has 2 heterocycles. The van der Waals surface area contributed by atoms with Crippen molar-refractivity contribution >= 4 is 39.3 Å². The summed E-state index contributed by atoms with van der Waals surface area (Å²) < 4.78 is 0. The van der Waals surface area contributed by atoms with Crippen LogP contribution in [-0.2, 0) is 11.2 Å². The van der Waals surface area contributed by atoms with Crippen LogP contribution in [0.25, 0.3) is 10.2 Å². The fourth-order valence-electron chi connectivity index (χ4n) is 1.78. The summed E-state index contributed by atoms with van der Waals surface area (Å²) in [5.74, 6) is -0.943. The van der Waals surface area contributed by atoms with Crippen LogP contribution >= 0.6 is 23.1 Å². The van der Waals surface area contributed by atoms with E-state index in [9.17, 15) is 14.7 Å². The van der Waals surface area contributed by atoms with Crippen molar-refractivity contribution in [1.82, 2.24) is 9.97 Å². The second-order valence-electron chi connectivity index (χ2n) is 4.78. The maximum atomic E-state index is 12.0. The number of aliphatic carboxylic acids is 1. The van der Waals surface area contributed by atoms with Crippen LogP contribution in [0.5, 0.6) is 0 Å². The molecule has 7 heteroatoms. The van der Waals surface area contributed by atoms with Gasteiger partial charge >= 0.3 is 5.97 Å². The number of carbonyl (C=O) groups is 1. The van der Waals surface area contributed by atoms with Crippen LogP contribution in [-0.4, -0.2) is 26.3 Å². The molecule has 108 valence electrons. The van der Waals surface area contributed by atoms with Gasteiger partial charge < -0.3 is 10.1 Å². The Morgan fingerprint density at radius 1 is 1.55 bits per heavy atom. The number of carboxylic acid groups (broad SMARTS) is 1. The van der Waals surface area contributed by atoms with Crippen molar-refractivity contribution in [3.05, 3.63) is 21.3 Å². The SMILES string of the molecule is CCc1cc2c(=O)[nH]c(SC(C(=O)O)C(C)C)nc2s1. The van der Waals surface area contributed by atoms with Crippen molar-refractivity contribution in [2.45, 2.75) is 37.6 Å². The first-order valence-corrected chi connectivity index (χ1v) is 8.04. The smallest absolute Gasteiger partial charge is 0.317 e. The molecule has 0 spiro atoms. The molecule has 1 atom stereocenters. The highest BCUT2D eigenvalue weighted by atomic mass is 32.2. The Hall–Kier alpha value is -1.34. The van der Waals surface area contributed by atoms with Gasteiger partial charge in [-0.2, -0.15) is 0 Å². The zero-order valence-electron chi connectivity index (χ0n) is 11.5. The van der Waals surface area contributed by atoms with Crippen LogP contribution in [0, 0.1) is 5.92 Å². The first kappa shape index (κ1) is 15.1. The van der Waals surface area contributed by atoms with Gasteiger partial charge in [0.1, 0.15) is 10.1 Å². The minimum absolute atomic E-state index is 0.0481. The second-order valence-corrected chi connectivity index (χ2v) is 7.02. The van der Waals surface area contributed by atoms with E-state index in [-0.39, 0.29) is 11.5 Å². The number of nitrogens with one attached hydrogen (secondary N) is 1. The lowest BCUT2D eigenvalue weighted by molar-refractivity contribution is -0.137. The lowest BCUT2D eigenvalue weighted by Crippen LogP contribution is -2.23. The number of hydrogen-bond acceptors (Lipinski definition) is 5. The first-order valence-electron chi connectivity index (χ1n) is 6.34. The molecule has 0 saturated carbocycles. The number of H-pyrrole nitrogens is 1. The van der Waals surface area contributed by atoms with E-state index < -0.39 is 11.2 Å². The van der Waals surface area contributed by atoms with Crippen molar-refractivity contribution in [3.63, 3.8) is 0 Å². The van der Waals surface area contributed by atoms with Gasteiger partial charge in [0.2, 0.25) is 0 Å². The van der Waals surface area contributed by atoms with Crippen LogP contribution in [0.3, 0.4) is 0 Å². The summed E-state index contributed by atoms with van der Waals surface area (Å²) in [5, 5.41) is 9.51. The molecular formula is C13H16N2O3S2. The summed E-state index contributed by atoms with van der Waals surface area (Å²) >= 11 is 2.57. The van der Waals surface area contributed by atoms with Crippen LogP contribution in [0.15, 0.2) is 16.0 Å². The molecule has 0 fully saturated rings. The number of aromatic nitrogens is 2. The van der Waals surface area contributed by atoms with E-state index in [0.29, 0.717) is 15.4 Å². The molecular weight excluding hydrogens is 296 g/mol. The third-order valence-corrected chi connectivity index (χ3v) is 5.46. The fourth-order valence-corrected chi connectivity index (χ4v) is 3.72. The van der Waals surface area contributed by atoms with Gasteiger partial charge in [0.15, 0.2) is 5.16 Å². The molecule has 0 amide bonds. The summed E-state index contributed by atoms with van der Waals surface area (Å²) in [7, 11) is 0. The van der Waals surface area contributed by atoms with Gasteiger partial charge in [-0.05, 0) is 18.4 Å². The van der Waals surface area contributed by atoms with Crippen LogP contribution in [0.1, 0.15) is 25.6 Å².